The monoisotopic (exact) mass is 284 g/mol. The Balaban J connectivity index is 1.54. The van der Waals surface area contributed by atoms with Gasteiger partial charge in [0.05, 0.1) is 19.2 Å². The highest BCUT2D eigenvalue weighted by molar-refractivity contribution is 5.69. The summed E-state index contributed by atoms with van der Waals surface area (Å²) in [4.78, 5) is 13.5. The van der Waals surface area contributed by atoms with Crippen LogP contribution in [0.25, 0.3) is 0 Å². The second-order valence-electron chi connectivity index (χ2n) is 6.86. The van der Waals surface area contributed by atoms with E-state index in [0.29, 0.717) is 13.1 Å². The molecule has 0 unspecified atom stereocenters. The molecule has 2 fully saturated rings. The van der Waals surface area contributed by atoms with Gasteiger partial charge in [-0.1, -0.05) is 0 Å². The second-order valence-corrected chi connectivity index (χ2v) is 6.86. The zero-order valence-corrected chi connectivity index (χ0v) is 13.0. The Morgan fingerprint density at radius 2 is 1.90 bits per heavy atom. The first kappa shape index (κ1) is 15.6. The van der Waals surface area contributed by atoms with E-state index >= 15 is 0 Å². The maximum Gasteiger partial charge on any atom is 0.410 e. The molecule has 116 valence electrons. The van der Waals surface area contributed by atoms with Gasteiger partial charge in [0.1, 0.15) is 5.60 Å². The van der Waals surface area contributed by atoms with E-state index < -0.39 is 5.60 Å². The molecular formula is C15H28N2O3. The molecule has 0 bridgehead atoms. The molecule has 0 aromatic heterocycles. The van der Waals surface area contributed by atoms with E-state index in [0.717, 1.165) is 32.0 Å². The smallest absolute Gasteiger partial charge is 0.410 e. The standard InChI is InChI=1S/C15H28N2O3/c1-15(2,3)20-14(18)17-10-13(11-17)19-9-6-12-4-7-16-8-5-12/h12-13,16H,4-11H2,1-3H3. The topological polar surface area (TPSA) is 50.8 Å². The van der Waals surface area contributed by atoms with Crippen LogP contribution in [-0.2, 0) is 9.47 Å². The molecule has 0 aromatic rings. The zero-order chi connectivity index (χ0) is 14.6. The Morgan fingerprint density at radius 1 is 1.25 bits per heavy atom. The lowest BCUT2D eigenvalue weighted by molar-refractivity contribution is -0.0659. The normalized spacial score (nSPS) is 21.6. The van der Waals surface area contributed by atoms with Crippen LogP contribution in [0.4, 0.5) is 4.79 Å². The number of carbonyl (C=O) groups excluding carboxylic acids is 1. The molecule has 20 heavy (non-hydrogen) atoms. The van der Waals surface area contributed by atoms with E-state index in [1.165, 1.54) is 12.8 Å². The van der Waals surface area contributed by atoms with Crippen molar-refractivity contribution in [3.05, 3.63) is 0 Å². The highest BCUT2D eigenvalue weighted by atomic mass is 16.6. The largest absolute Gasteiger partial charge is 0.444 e. The Labute approximate surface area is 122 Å². The van der Waals surface area contributed by atoms with E-state index in [2.05, 4.69) is 5.32 Å². The average molecular weight is 284 g/mol. The van der Waals surface area contributed by atoms with Crippen molar-refractivity contribution < 1.29 is 14.3 Å². The molecular weight excluding hydrogens is 256 g/mol. The van der Waals surface area contributed by atoms with Gasteiger partial charge in [-0.3, -0.25) is 0 Å². The van der Waals surface area contributed by atoms with Gasteiger partial charge in [-0.25, -0.2) is 4.79 Å². The van der Waals surface area contributed by atoms with Gasteiger partial charge in [0, 0.05) is 6.61 Å². The molecule has 2 rings (SSSR count). The number of nitrogens with one attached hydrogen (secondary N) is 1. The molecule has 1 amide bonds. The number of piperidine rings is 1. The third kappa shape index (κ3) is 4.94. The molecule has 0 atom stereocenters. The Hall–Kier alpha value is -0.810. The predicted molar refractivity (Wildman–Crippen MR) is 77.8 cm³/mol. The number of ether oxygens (including phenoxy) is 2. The summed E-state index contributed by atoms with van der Waals surface area (Å²) in [5.74, 6) is 0.804. The van der Waals surface area contributed by atoms with Crippen LogP contribution in [0.1, 0.15) is 40.0 Å². The summed E-state index contributed by atoms with van der Waals surface area (Å²) in [6, 6.07) is 0. The minimum absolute atomic E-state index is 0.198. The predicted octanol–water partition coefficient (Wildman–Crippen LogP) is 2.01. The highest BCUT2D eigenvalue weighted by Gasteiger charge is 2.34. The van der Waals surface area contributed by atoms with Gasteiger partial charge in [0.15, 0.2) is 0 Å². The minimum Gasteiger partial charge on any atom is -0.444 e. The van der Waals surface area contributed by atoms with E-state index in [9.17, 15) is 4.79 Å². The SMILES string of the molecule is CC(C)(C)OC(=O)N1CC(OCCC2CCNCC2)C1. The van der Waals surface area contributed by atoms with Crippen LogP contribution in [0.15, 0.2) is 0 Å². The number of nitrogens with zero attached hydrogens (tertiary/aromatic N) is 1. The maximum absolute atomic E-state index is 11.7. The van der Waals surface area contributed by atoms with Crippen LogP contribution < -0.4 is 5.32 Å². The highest BCUT2D eigenvalue weighted by Crippen LogP contribution is 2.19. The van der Waals surface area contributed by atoms with Crippen molar-refractivity contribution in [3.63, 3.8) is 0 Å². The first-order valence-corrected chi connectivity index (χ1v) is 7.74. The van der Waals surface area contributed by atoms with Crippen molar-refractivity contribution in [3.8, 4) is 0 Å². The lowest BCUT2D eigenvalue weighted by Crippen LogP contribution is -2.56. The molecule has 5 nitrogen and oxygen atoms in total. The first-order valence-electron chi connectivity index (χ1n) is 7.74. The van der Waals surface area contributed by atoms with Crippen LogP contribution in [-0.4, -0.2) is 55.5 Å². The van der Waals surface area contributed by atoms with Gasteiger partial charge in [0.2, 0.25) is 0 Å². The van der Waals surface area contributed by atoms with Crippen molar-refractivity contribution in [1.29, 1.82) is 0 Å². The van der Waals surface area contributed by atoms with Gasteiger partial charge in [0.25, 0.3) is 0 Å². The van der Waals surface area contributed by atoms with E-state index in [1.54, 1.807) is 4.90 Å². The van der Waals surface area contributed by atoms with Crippen molar-refractivity contribution in [2.45, 2.75) is 51.7 Å². The molecule has 2 aliphatic heterocycles. The maximum atomic E-state index is 11.7. The van der Waals surface area contributed by atoms with E-state index in [-0.39, 0.29) is 12.2 Å². The van der Waals surface area contributed by atoms with Crippen LogP contribution in [0.2, 0.25) is 0 Å². The summed E-state index contributed by atoms with van der Waals surface area (Å²) in [5.41, 5.74) is -0.419. The average Bonchev–Trinajstić information content (AvgIpc) is 2.31. The first-order chi connectivity index (χ1) is 9.44. The lowest BCUT2D eigenvalue weighted by Gasteiger charge is -2.39. The fraction of sp³-hybridized carbons (Fsp3) is 0.933. The summed E-state index contributed by atoms with van der Waals surface area (Å²) in [7, 11) is 0. The summed E-state index contributed by atoms with van der Waals surface area (Å²) >= 11 is 0. The number of hydrogen-bond donors (Lipinski definition) is 1. The molecule has 0 spiro atoms. The third-order valence-corrected chi connectivity index (χ3v) is 3.84. The van der Waals surface area contributed by atoms with Crippen molar-refractivity contribution in [1.82, 2.24) is 10.2 Å². The second kappa shape index (κ2) is 6.76. The number of rotatable bonds is 4. The van der Waals surface area contributed by atoms with E-state index in [4.69, 9.17) is 9.47 Å². The molecule has 0 radical (unpaired) electrons. The van der Waals surface area contributed by atoms with Crippen LogP contribution >= 0.6 is 0 Å². The lowest BCUT2D eigenvalue weighted by atomic mass is 9.95. The summed E-state index contributed by atoms with van der Waals surface area (Å²) in [6.45, 7) is 10.1. The van der Waals surface area contributed by atoms with Crippen molar-refractivity contribution >= 4 is 6.09 Å². The zero-order valence-electron chi connectivity index (χ0n) is 13.0. The molecule has 0 aliphatic carbocycles. The van der Waals surface area contributed by atoms with Crippen LogP contribution in [0.5, 0.6) is 0 Å². The van der Waals surface area contributed by atoms with Crippen molar-refractivity contribution in [2.24, 2.45) is 5.92 Å². The minimum atomic E-state index is -0.419. The molecule has 2 saturated heterocycles. The molecule has 2 aliphatic rings. The van der Waals surface area contributed by atoms with Crippen molar-refractivity contribution in [2.75, 3.05) is 32.8 Å². The molecule has 5 heteroatoms. The fourth-order valence-corrected chi connectivity index (χ4v) is 2.59. The third-order valence-electron chi connectivity index (χ3n) is 3.84. The fourth-order valence-electron chi connectivity index (χ4n) is 2.59. The Morgan fingerprint density at radius 3 is 2.50 bits per heavy atom. The van der Waals surface area contributed by atoms with Gasteiger partial charge >= 0.3 is 6.09 Å². The van der Waals surface area contributed by atoms with Crippen LogP contribution in [0.3, 0.4) is 0 Å². The molecule has 0 aromatic carbocycles. The number of carbonyl (C=O) groups is 1. The summed E-state index contributed by atoms with van der Waals surface area (Å²) < 4.78 is 11.1. The molecule has 1 N–H and O–H groups in total. The van der Waals surface area contributed by atoms with Gasteiger partial charge in [-0.05, 0) is 59.0 Å². The van der Waals surface area contributed by atoms with E-state index in [1.807, 2.05) is 20.8 Å². The number of hydrogen-bond acceptors (Lipinski definition) is 4. The summed E-state index contributed by atoms with van der Waals surface area (Å²) in [6.07, 6.45) is 3.64. The quantitative estimate of drug-likeness (QED) is 0.858. The van der Waals surface area contributed by atoms with Gasteiger partial charge in [-0.2, -0.15) is 0 Å². The summed E-state index contributed by atoms with van der Waals surface area (Å²) in [5, 5.41) is 3.37. The van der Waals surface area contributed by atoms with Gasteiger partial charge in [-0.15, -0.1) is 0 Å². The Bertz CT molecular complexity index is 316. The number of likely N-dealkylation sites (tertiary alicyclic amines) is 1. The van der Waals surface area contributed by atoms with Gasteiger partial charge < -0.3 is 19.7 Å². The van der Waals surface area contributed by atoms with Crippen LogP contribution in [0, 0.1) is 5.92 Å². The molecule has 2 heterocycles. The number of amides is 1. The molecule has 0 saturated carbocycles. The Kier molecular flexibility index (Phi) is 5.27.